The van der Waals surface area contributed by atoms with Gasteiger partial charge in [0.1, 0.15) is 0 Å². The van der Waals surface area contributed by atoms with Crippen LogP contribution in [0.2, 0.25) is 0 Å². The number of benzene rings is 1. The van der Waals surface area contributed by atoms with Crippen molar-refractivity contribution in [1.29, 1.82) is 0 Å². The van der Waals surface area contributed by atoms with E-state index in [1.165, 1.54) is 38.5 Å². The van der Waals surface area contributed by atoms with Crippen LogP contribution < -0.4 is 10.5 Å². The Labute approximate surface area is 143 Å². The van der Waals surface area contributed by atoms with E-state index >= 15 is 0 Å². The Bertz CT molecular complexity index is 753. The molecule has 1 radical (unpaired) electrons. The summed E-state index contributed by atoms with van der Waals surface area (Å²) in [5.41, 5.74) is 0.0834. The van der Waals surface area contributed by atoms with Gasteiger partial charge in [-0.3, -0.25) is 4.79 Å². The van der Waals surface area contributed by atoms with Gasteiger partial charge in [0.25, 0.3) is 5.56 Å². The van der Waals surface area contributed by atoms with E-state index < -0.39 is 0 Å². The molecule has 0 N–H and O–H groups in total. The van der Waals surface area contributed by atoms with Crippen LogP contribution in [0.15, 0.2) is 29.1 Å². The number of fused-ring (bicyclic) bond motifs is 1. The zero-order valence-electron chi connectivity index (χ0n) is 14.3. The van der Waals surface area contributed by atoms with E-state index in [0.717, 1.165) is 42.5 Å². The molecule has 2 aliphatic rings. The van der Waals surface area contributed by atoms with Crippen LogP contribution in [0.25, 0.3) is 10.8 Å². The topological polar surface area (TPSA) is 38.1 Å². The Morgan fingerprint density at radius 3 is 2.58 bits per heavy atom. The maximum atomic E-state index is 13.0. The molecule has 1 aliphatic carbocycles. The zero-order chi connectivity index (χ0) is 16.4. The lowest BCUT2D eigenvalue weighted by atomic mass is 9.95. The molecule has 4 rings (SSSR count). The quantitative estimate of drug-likeness (QED) is 0.835. The molecule has 0 atom stereocenters. The largest absolute Gasteiger partial charge is 0.354 e. The number of anilines is 1. The minimum atomic E-state index is 0.0834. The van der Waals surface area contributed by atoms with Gasteiger partial charge in [-0.1, -0.05) is 43.9 Å². The molecule has 1 aromatic carbocycles. The first kappa shape index (κ1) is 15.7. The summed E-state index contributed by atoms with van der Waals surface area (Å²) in [5, 5.41) is 6.72. The summed E-state index contributed by atoms with van der Waals surface area (Å²) in [6.45, 7) is 1.95. The van der Waals surface area contributed by atoms with Crippen molar-refractivity contribution in [2.45, 2.75) is 57.4 Å². The third-order valence-electron chi connectivity index (χ3n) is 5.46. The van der Waals surface area contributed by atoms with Crippen LogP contribution in [0.4, 0.5) is 5.82 Å². The van der Waals surface area contributed by atoms with Crippen LogP contribution in [0.3, 0.4) is 0 Å². The van der Waals surface area contributed by atoms with Gasteiger partial charge in [0.2, 0.25) is 0 Å². The molecule has 127 valence electrons. The van der Waals surface area contributed by atoms with Gasteiger partial charge in [-0.2, -0.15) is 5.10 Å². The van der Waals surface area contributed by atoms with E-state index in [1.807, 2.05) is 22.9 Å². The van der Waals surface area contributed by atoms with Crippen LogP contribution in [0.1, 0.15) is 57.4 Å². The summed E-state index contributed by atoms with van der Waals surface area (Å²) in [6, 6.07) is 8.26. The van der Waals surface area contributed by atoms with Crippen LogP contribution >= 0.6 is 0 Å². The van der Waals surface area contributed by atoms with Crippen LogP contribution in [0, 0.1) is 6.42 Å². The van der Waals surface area contributed by atoms with Gasteiger partial charge in [-0.15, -0.1) is 0 Å². The van der Waals surface area contributed by atoms with E-state index in [2.05, 4.69) is 17.4 Å². The highest BCUT2D eigenvalue weighted by atomic mass is 16.1. The summed E-state index contributed by atoms with van der Waals surface area (Å²) in [7, 11) is 0. The normalized spacial score (nSPS) is 20.2. The number of hydrogen-bond acceptors (Lipinski definition) is 3. The van der Waals surface area contributed by atoms with E-state index in [-0.39, 0.29) is 11.6 Å². The van der Waals surface area contributed by atoms with Crippen molar-refractivity contribution in [3.63, 3.8) is 0 Å². The Kier molecular flexibility index (Phi) is 4.54. The smallest absolute Gasteiger partial charge is 0.275 e. The fraction of sp³-hybridized carbons (Fsp3) is 0.550. The molecular weight excluding hydrogens is 298 g/mol. The van der Waals surface area contributed by atoms with Crippen LogP contribution in [0.5, 0.6) is 0 Å². The first-order chi connectivity index (χ1) is 11.8. The molecule has 1 aliphatic heterocycles. The Balaban J connectivity index is 1.84. The van der Waals surface area contributed by atoms with Gasteiger partial charge in [-0.25, -0.2) is 4.68 Å². The van der Waals surface area contributed by atoms with Crippen molar-refractivity contribution in [2.75, 3.05) is 18.0 Å². The van der Waals surface area contributed by atoms with Crippen molar-refractivity contribution < 1.29 is 0 Å². The molecule has 0 unspecified atom stereocenters. The van der Waals surface area contributed by atoms with E-state index in [0.29, 0.717) is 0 Å². The first-order valence-corrected chi connectivity index (χ1v) is 9.43. The molecule has 0 spiro atoms. The van der Waals surface area contributed by atoms with Gasteiger partial charge in [0, 0.05) is 18.5 Å². The maximum absolute atomic E-state index is 13.0. The monoisotopic (exact) mass is 324 g/mol. The molecule has 24 heavy (non-hydrogen) atoms. The number of nitrogens with zero attached hydrogens (tertiary/aromatic N) is 3. The lowest BCUT2D eigenvalue weighted by molar-refractivity contribution is 0.320. The molecule has 0 bridgehead atoms. The molecule has 0 amide bonds. The Morgan fingerprint density at radius 2 is 1.75 bits per heavy atom. The molecule has 1 aromatic heterocycles. The summed E-state index contributed by atoms with van der Waals surface area (Å²) in [4.78, 5) is 15.4. The van der Waals surface area contributed by atoms with E-state index in [4.69, 9.17) is 5.10 Å². The highest BCUT2D eigenvalue weighted by molar-refractivity contribution is 5.91. The van der Waals surface area contributed by atoms with Gasteiger partial charge in [0.15, 0.2) is 5.82 Å². The predicted molar refractivity (Wildman–Crippen MR) is 98.5 cm³/mol. The molecule has 2 fully saturated rings. The minimum absolute atomic E-state index is 0.0834. The molecule has 4 nitrogen and oxygen atoms in total. The van der Waals surface area contributed by atoms with Crippen molar-refractivity contribution in [1.82, 2.24) is 9.78 Å². The number of aromatic nitrogens is 2. The molecule has 4 heteroatoms. The molecule has 2 heterocycles. The molecule has 1 saturated heterocycles. The van der Waals surface area contributed by atoms with E-state index in [9.17, 15) is 4.79 Å². The van der Waals surface area contributed by atoms with Gasteiger partial charge in [-0.05, 0) is 38.2 Å². The Morgan fingerprint density at radius 1 is 0.958 bits per heavy atom. The second-order valence-corrected chi connectivity index (χ2v) is 7.14. The van der Waals surface area contributed by atoms with Gasteiger partial charge in [0.05, 0.1) is 11.4 Å². The number of rotatable bonds is 2. The lowest BCUT2D eigenvalue weighted by Crippen LogP contribution is -2.33. The van der Waals surface area contributed by atoms with Crippen LogP contribution in [-0.2, 0) is 0 Å². The maximum Gasteiger partial charge on any atom is 0.275 e. The predicted octanol–water partition coefficient (Wildman–Crippen LogP) is 4.10. The highest BCUT2D eigenvalue weighted by Crippen LogP contribution is 2.30. The number of hydrogen-bond donors (Lipinski definition) is 0. The lowest BCUT2D eigenvalue weighted by Gasteiger charge is -2.27. The molecule has 1 saturated carbocycles. The first-order valence-electron chi connectivity index (χ1n) is 9.43. The molecule has 2 aromatic rings. The second kappa shape index (κ2) is 6.96. The van der Waals surface area contributed by atoms with Crippen molar-refractivity contribution in [3.05, 3.63) is 41.0 Å². The van der Waals surface area contributed by atoms with Crippen LogP contribution in [-0.4, -0.2) is 22.9 Å². The summed E-state index contributed by atoms with van der Waals surface area (Å²) in [5.74, 6) is 0.994. The van der Waals surface area contributed by atoms with Gasteiger partial charge < -0.3 is 4.90 Å². The fourth-order valence-corrected chi connectivity index (χ4v) is 4.12. The third kappa shape index (κ3) is 2.94. The standard InChI is InChI=1S/C20H26N3O/c24-20-18-13-7-6-12-17(18)19(22-14-8-1-2-9-15-22)21-23(20)16-10-4-3-5-11-16/h6-8,12-13,16H,1-5,9-11,14-15H2. The highest BCUT2D eigenvalue weighted by Gasteiger charge is 2.22. The summed E-state index contributed by atoms with van der Waals surface area (Å²) >= 11 is 0. The molecular formula is C20H26N3O. The van der Waals surface area contributed by atoms with Crippen molar-refractivity contribution >= 4 is 16.6 Å². The summed E-state index contributed by atoms with van der Waals surface area (Å²) in [6.07, 6.45) is 11.8. The van der Waals surface area contributed by atoms with Crippen molar-refractivity contribution in [3.8, 4) is 0 Å². The van der Waals surface area contributed by atoms with E-state index in [1.54, 1.807) is 0 Å². The second-order valence-electron chi connectivity index (χ2n) is 7.14. The average Bonchev–Trinajstić information content (AvgIpc) is 2.92. The van der Waals surface area contributed by atoms with Gasteiger partial charge >= 0.3 is 0 Å². The average molecular weight is 324 g/mol. The van der Waals surface area contributed by atoms with Crippen molar-refractivity contribution in [2.24, 2.45) is 0 Å². The minimum Gasteiger partial charge on any atom is -0.354 e. The fourth-order valence-electron chi connectivity index (χ4n) is 4.12. The summed E-state index contributed by atoms with van der Waals surface area (Å²) < 4.78 is 1.81. The zero-order valence-corrected chi connectivity index (χ0v) is 14.3. The third-order valence-corrected chi connectivity index (χ3v) is 5.46. The Hall–Kier alpha value is -1.84. The SMILES string of the molecule is O=c1c2ccccc2c(N2C[CH]CCCC2)nn1C1CCCCC1.